The number of rotatable bonds is 1. The van der Waals surface area contributed by atoms with Crippen molar-refractivity contribution in [2.45, 2.75) is 38.8 Å². The summed E-state index contributed by atoms with van der Waals surface area (Å²) in [4.78, 5) is 2.31. The van der Waals surface area contributed by atoms with Crippen LogP contribution in [0, 0.1) is 0 Å². The minimum atomic E-state index is -0.00463. The van der Waals surface area contributed by atoms with Crippen LogP contribution in [0.1, 0.15) is 27.7 Å². The van der Waals surface area contributed by atoms with E-state index >= 15 is 0 Å². The van der Waals surface area contributed by atoms with Gasteiger partial charge in [0.2, 0.25) is 0 Å². The zero-order valence-corrected chi connectivity index (χ0v) is 9.31. The Hall–Kier alpha value is -0.760. The average molecular weight is 180 g/mol. The predicted octanol–water partition coefficient (Wildman–Crippen LogP) is 1.89. The Morgan fingerprint density at radius 2 is 1.85 bits per heavy atom. The van der Waals surface area contributed by atoms with Gasteiger partial charge in [-0.1, -0.05) is 12.7 Å². The van der Waals surface area contributed by atoms with Crippen LogP contribution in [-0.4, -0.2) is 23.0 Å². The maximum atomic E-state index is 5.77. The predicted molar refractivity (Wildman–Crippen MR) is 57.3 cm³/mol. The minimum absolute atomic E-state index is 0.00463. The van der Waals surface area contributed by atoms with E-state index in [0.717, 1.165) is 5.57 Å². The molecule has 13 heavy (non-hydrogen) atoms. The molecule has 0 fully saturated rings. The first-order valence-corrected chi connectivity index (χ1v) is 4.61. The molecule has 0 bridgehead atoms. The molecule has 0 saturated heterocycles. The van der Waals surface area contributed by atoms with Crippen molar-refractivity contribution in [3.63, 3.8) is 0 Å². The molecular formula is C11H20N2. The molecular weight excluding hydrogens is 160 g/mol. The minimum Gasteiger partial charge on any atom is -0.399 e. The lowest BCUT2D eigenvalue weighted by Crippen LogP contribution is -2.47. The average Bonchev–Trinajstić information content (AvgIpc) is 2.11. The molecule has 0 amide bonds. The van der Waals surface area contributed by atoms with Gasteiger partial charge in [-0.15, -0.1) is 0 Å². The van der Waals surface area contributed by atoms with Crippen molar-refractivity contribution >= 4 is 0 Å². The highest BCUT2D eigenvalue weighted by atomic mass is 15.2. The van der Waals surface area contributed by atoms with Gasteiger partial charge in [0.05, 0.1) is 0 Å². The van der Waals surface area contributed by atoms with Crippen molar-refractivity contribution in [2.24, 2.45) is 5.73 Å². The van der Waals surface area contributed by atoms with E-state index in [0.29, 0.717) is 5.70 Å². The van der Waals surface area contributed by atoms with Gasteiger partial charge in [-0.2, -0.15) is 0 Å². The van der Waals surface area contributed by atoms with Crippen molar-refractivity contribution in [3.05, 3.63) is 23.9 Å². The second kappa shape index (κ2) is 2.61. The van der Waals surface area contributed by atoms with Crippen LogP contribution in [0.15, 0.2) is 23.9 Å². The smallest absolute Gasteiger partial charge is 0.0427 e. The molecule has 0 unspecified atom stereocenters. The van der Waals surface area contributed by atoms with E-state index in [1.54, 1.807) is 0 Å². The Kier molecular flexibility index (Phi) is 2.07. The SMILES string of the molecule is C=C(N)C1=CC(C)(C)N(C)C1(C)C. The highest BCUT2D eigenvalue weighted by Gasteiger charge is 2.43. The molecule has 0 aliphatic carbocycles. The summed E-state index contributed by atoms with van der Waals surface area (Å²) in [6.07, 6.45) is 2.20. The van der Waals surface area contributed by atoms with Crippen LogP contribution in [0.4, 0.5) is 0 Å². The molecule has 0 aromatic rings. The molecule has 0 spiro atoms. The fraction of sp³-hybridized carbons (Fsp3) is 0.636. The van der Waals surface area contributed by atoms with Gasteiger partial charge < -0.3 is 5.73 Å². The van der Waals surface area contributed by atoms with Crippen molar-refractivity contribution in [3.8, 4) is 0 Å². The molecule has 1 aliphatic heterocycles. The van der Waals surface area contributed by atoms with Crippen LogP contribution in [0.2, 0.25) is 0 Å². The first-order chi connectivity index (χ1) is 5.69. The third-order valence-electron chi connectivity index (χ3n) is 3.21. The monoisotopic (exact) mass is 180 g/mol. The fourth-order valence-electron chi connectivity index (χ4n) is 2.01. The first kappa shape index (κ1) is 10.3. The van der Waals surface area contributed by atoms with Gasteiger partial charge in [-0.3, -0.25) is 4.90 Å². The molecule has 74 valence electrons. The summed E-state index contributed by atoms with van der Waals surface area (Å²) in [7, 11) is 2.12. The summed E-state index contributed by atoms with van der Waals surface area (Å²) in [5.74, 6) is 0. The van der Waals surface area contributed by atoms with E-state index in [9.17, 15) is 0 Å². The molecule has 0 atom stereocenters. The molecule has 0 saturated carbocycles. The van der Waals surface area contributed by atoms with Gasteiger partial charge in [-0.05, 0) is 40.3 Å². The molecule has 0 radical (unpaired) electrons. The second-order valence-corrected chi connectivity index (χ2v) is 4.85. The van der Waals surface area contributed by atoms with Gasteiger partial charge in [0, 0.05) is 16.8 Å². The number of nitrogens with zero attached hydrogens (tertiary/aromatic N) is 1. The van der Waals surface area contributed by atoms with E-state index in [1.165, 1.54) is 0 Å². The normalized spacial score (nSPS) is 25.8. The largest absolute Gasteiger partial charge is 0.399 e. The maximum Gasteiger partial charge on any atom is 0.0427 e. The summed E-state index contributed by atoms with van der Waals surface area (Å²) in [5.41, 5.74) is 7.67. The number of nitrogens with two attached hydrogens (primary N) is 1. The van der Waals surface area contributed by atoms with E-state index in [1.807, 2.05) is 0 Å². The summed E-state index contributed by atoms with van der Waals surface area (Å²) in [6, 6.07) is 0. The van der Waals surface area contributed by atoms with Gasteiger partial charge in [0.15, 0.2) is 0 Å². The molecule has 1 heterocycles. The number of hydrogen-bond donors (Lipinski definition) is 1. The highest BCUT2D eigenvalue weighted by Crippen LogP contribution is 2.39. The zero-order chi connectivity index (χ0) is 10.4. The van der Waals surface area contributed by atoms with Crippen molar-refractivity contribution in [1.29, 1.82) is 0 Å². The molecule has 1 rings (SSSR count). The molecule has 2 nitrogen and oxygen atoms in total. The molecule has 2 N–H and O–H groups in total. The molecule has 1 aliphatic rings. The summed E-state index contributed by atoms with van der Waals surface area (Å²) in [5, 5.41) is 0. The fourth-order valence-corrected chi connectivity index (χ4v) is 2.01. The molecule has 0 aromatic carbocycles. The lowest BCUT2D eigenvalue weighted by molar-refractivity contribution is 0.130. The third-order valence-corrected chi connectivity index (χ3v) is 3.21. The van der Waals surface area contributed by atoms with Gasteiger partial charge >= 0.3 is 0 Å². The quantitative estimate of drug-likeness (QED) is 0.667. The van der Waals surface area contributed by atoms with Crippen LogP contribution in [0.5, 0.6) is 0 Å². The van der Waals surface area contributed by atoms with E-state index < -0.39 is 0 Å². The summed E-state index contributed by atoms with van der Waals surface area (Å²) >= 11 is 0. The van der Waals surface area contributed by atoms with E-state index in [2.05, 4.69) is 52.3 Å². The van der Waals surface area contributed by atoms with Crippen LogP contribution < -0.4 is 5.73 Å². The topological polar surface area (TPSA) is 29.3 Å². The number of likely N-dealkylation sites (N-methyl/N-ethyl adjacent to an activating group) is 1. The first-order valence-electron chi connectivity index (χ1n) is 4.61. The van der Waals surface area contributed by atoms with Crippen molar-refractivity contribution in [1.82, 2.24) is 4.90 Å². The van der Waals surface area contributed by atoms with Crippen molar-refractivity contribution < 1.29 is 0 Å². The zero-order valence-electron chi connectivity index (χ0n) is 9.31. The lowest BCUT2D eigenvalue weighted by Gasteiger charge is -2.38. The van der Waals surface area contributed by atoms with Gasteiger partial charge in [0.1, 0.15) is 0 Å². The molecule has 0 aromatic heterocycles. The van der Waals surface area contributed by atoms with Crippen LogP contribution in [-0.2, 0) is 0 Å². The van der Waals surface area contributed by atoms with Crippen LogP contribution >= 0.6 is 0 Å². The van der Waals surface area contributed by atoms with E-state index in [-0.39, 0.29) is 11.1 Å². The Bertz CT molecular complexity index is 272. The van der Waals surface area contributed by atoms with Gasteiger partial charge in [-0.25, -0.2) is 0 Å². The Balaban J connectivity index is 3.17. The standard InChI is InChI=1S/C11H20N2/c1-8(12)9-7-10(2,3)13(6)11(9,4)5/h7H,1,12H2,2-6H3. The maximum absolute atomic E-state index is 5.77. The third kappa shape index (κ3) is 1.39. The number of hydrogen-bond acceptors (Lipinski definition) is 2. The lowest BCUT2D eigenvalue weighted by atomic mass is 9.94. The highest BCUT2D eigenvalue weighted by molar-refractivity contribution is 5.42. The Labute approximate surface area is 81.1 Å². The van der Waals surface area contributed by atoms with Crippen LogP contribution in [0.3, 0.4) is 0 Å². The summed E-state index contributed by atoms with van der Waals surface area (Å²) < 4.78 is 0. The summed E-state index contributed by atoms with van der Waals surface area (Å²) in [6.45, 7) is 12.5. The second-order valence-electron chi connectivity index (χ2n) is 4.85. The van der Waals surface area contributed by atoms with E-state index in [4.69, 9.17) is 5.73 Å². The Morgan fingerprint density at radius 1 is 1.38 bits per heavy atom. The van der Waals surface area contributed by atoms with Gasteiger partial charge in [0.25, 0.3) is 0 Å². The Morgan fingerprint density at radius 3 is 2.00 bits per heavy atom. The van der Waals surface area contributed by atoms with Crippen molar-refractivity contribution in [2.75, 3.05) is 7.05 Å². The molecule has 2 heteroatoms. The van der Waals surface area contributed by atoms with Crippen LogP contribution in [0.25, 0.3) is 0 Å².